The summed E-state index contributed by atoms with van der Waals surface area (Å²) in [6.07, 6.45) is 86.7. The molecule has 0 aliphatic carbocycles. The Morgan fingerprint density at radius 3 is 0.722 bits per heavy atom. The van der Waals surface area contributed by atoms with E-state index in [9.17, 15) is 14.4 Å². The van der Waals surface area contributed by atoms with Gasteiger partial charge in [0.15, 0.2) is 6.10 Å². The van der Waals surface area contributed by atoms with Gasteiger partial charge in [0.05, 0.1) is 0 Å². The van der Waals surface area contributed by atoms with Gasteiger partial charge in [-0.3, -0.25) is 14.4 Å². The van der Waals surface area contributed by atoms with Crippen molar-refractivity contribution in [1.82, 2.24) is 0 Å². The summed E-state index contributed by atoms with van der Waals surface area (Å²) in [5.41, 5.74) is 0. The van der Waals surface area contributed by atoms with Crippen LogP contribution in [0.25, 0.3) is 0 Å². The van der Waals surface area contributed by atoms with Crippen LogP contribution in [0.4, 0.5) is 0 Å². The molecule has 0 saturated carbocycles. The first-order chi connectivity index (χ1) is 39.0. The average molecular weight is 1110 g/mol. The van der Waals surface area contributed by atoms with E-state index in [1.165, 1.54) is 250 Å². The summed E-state index contributed by atoms with van der Waals surface area (Å²) in [5, 5.41) is 0. The van der Waals surface area contributed by atoms with E-state index in [0.29, 0.717) is 19.3 Å². The van der Waals surface area contributed by atoms with Crippen molar-refractivity contribution in [2.24, 2.45) is 0 Å². The fourth-order valence-electron chi connectivity index (χ4n) is 10.2. The van der Waals surface area contributed by atoms with Gasteiger partial charge >= 0.3 is 17.9 Å². The molecule has 0 amide bonds. The van der Waals surface area contributed by atoms with Crippen LogP contribution in [0.2, 0.25) is 0 Å². The molecule has 0 aliphatic heterocycles. The number of carbonyl (C=O) groups is 3. The Balaban J connectivity index is 4.27. The summed E-state index contributed by atoms with van der Waals surface area (Å²) in [7, 11) is 0. The zero-order chi connectivity index (χ0) is 57.1. The van der Waals surface area contributed by atoms with Crippen LogP contribution in [0.1, 0.15) is 367 Å². The summed E-state index contributed by atoms with van der Waals surface area (Å²) in [4.78, 5) is 38.4. The lowest BCUT2D eigenvalue weighted by Crippen LogP contribution is -2.30. The number of allylic oxidation sites excluding steroid dienone is 10. The van der Waals surface area contributed by atoms with Gasteiger partial charge in [0, 0.05) is 19.3 Å². The van der Waals surface area contributed by atoms with Crippen LogP contribution in [0.5, 0.6) is 0 Å². The minimum absolute atomic E-state index is 0.0753. The number of esters is 3. The van der Waals surface area contributed by atoms with Crippen molar-refractivity contribution in [3.63, 3.8) is 0 Å². The van der Waals surface area contributed by atoms with Crippen LogP contribution in [0.3, 0.4) is 0 Å². The predicted molar refractivity (Wildman–Crippen MR) is 344 cm³/mol. The van der Waals surface area contributed by atoms with Gasteiger partial charge in [-0.25, -0.2) is 0 Å². The Hall–Kier alpha value is -2.89. The Bertz CT molecular complexity index is 1410. The van der Waals surface area contributed by atoms with Crippen LogP contribution in [-0.4, -0.2) is 37.2 Å². The van der Waals surface area contributed by atoms with E-state index in [2.05, 4.69) is 81.5 Å². The van der Waals surface area contributed by atoms with Gasteiger partial charge in [0.2, 0.25) is 0 Å². The molecule has 1 atom stereocenters. The van der Waals surface area contributed by atoms with Crippen LogP contribution in [-0.2, 0) is 28.6 Å². The lowest BCUT2D eigenvalue weighted by atomic mass is 10.0. The molecule has 0 rings (SSSR count). The molecule has 0 aromatic rings. The van der Waals surface area contributed by atoms with Crippen LogP contribution >= 0.6 is 0 Å². The summed E-state index contributed by atoms with van der Waals surface area (Å²) in [6.45, 7) is 6.65. The van der Waals surface area contributed by atoms with E-state index in [4.69, 9.17) is 14.2 Å². The fraction of sp³-hybridized carbons (Fsp3) is 0.822. The van der Waals surface area contributed by atoms with Gasteiger partial charge in [0.1, 0.15) is 13.2 Å². The van der Waals surface area contributed by atoms with Crippen molar-refractivity contribution >= 4 is 17.9 Å². The van der Waals surface area contributed by atoms with E-state index in [1.807, 2.05) is 0 Å². The van der Waals surface area contributed by atoms with Gasteiger partial charge in [-0.2, -0.15) is 0 Å². The van der Waals surface area contributed by atoms with Crippen molar-refractivity contribution in [2.75, 3.05) is 13.2 Å². The largest absolute Gasteiger partial charge is 0.462 e. The third-order valence-electron chi connectivity index (χ3n) is 15.5. The quantitative estimate of drug-likeness (QED) is 0.0261. The molecule has 6 heteroatoms. The first kappa shape index (κ1) is 76.1. The van der Waals surface area contributed by atoms with Gasteiger partial charge in [0.25, 0.3) is 0 Å². The molecule has 0 fully saturated rings. The highest BCUT2D eigenvalue weighted by Gasteiger charge is 2.19. The molecule has 1 unspecified atom stereocenters. The maximum absolute atomic E-state index is 12.9. The van der Waals surface area contributed by atoms with E-state index < -0.39 is 6.10 Å². The SMILES string of the molecule is CCCCCC/C=C\CCCCCCCC(=O)OCC(COC(=O)CCCCCCCCCCCCCCC/C=C\C/C=C\CCCCCCC)OC(=O)CCCCCCCCCCCCC/C=C\C/C=C\CCCCCCC. The van der Waals surface area contributed by atoms with Gasteiger partial charge in [-0.1, -0.05) is 300 Å². The number of ether oxygens (including phenoxy) is 3. The average Bonchev–Trinajstić information content (AvgIpc) is 3.45. The molecule has 6 nitrogen and oxygen atoms in total. The summed E-state index contributed by atoms with van der Waals surface area (Å²) in [6, 6.07) is 0. The fourth-order valence-corrected chi connectivity index (χ4v) is 10.2. The first-order valence-electron chi connectivity index (χ1n) is 34.8. The first-order valence-corrected chi connectivity index (χ1v) is 34.8. The van der Waals surface area contributed by atoms with Crippen molar-refractivity contribution in [2.45, 2.75) is 374 Å². The maximum atomic E-state index is 12.9. The molecule has 0 heterocycles. The molecular formula is C73H132O6. The van der Waals surface area contributed by atoms with E-state index >= 15 is 0 Å². The Morgan fingerprint density at radius 2 is 0.456 bits per heavy atom. The van der Waals surface area contributed by atoms with Crippen LogP contribution in [0.15, 0.2) is 60.8 Å². The second kappa shape index (κ2) is 67.6. The molecule has 0 radical (unpaired) electrons. The normalized spacial score (nSPS) is 12.4. The highest BCUT2D eigenvalue weighted by atomic mass is 16.6. The summed E-state index contributed by atoms with van der Waals surface area (Å²) >= 11 is 0. The number of carbonyl (C=O) groups excluding carboxylic acids is 3. The number of hydrogen-bond donors (Lipinski definition) is 0. The van der Waals surface area contributed by atoms with Gasteiger partial charge in [-0.15, -0.1) is 0 Å². The second-order valence-corrected chi connectivity index (χ2v) is 23.4. The van der Waals surface area contributed by atoms with E-state index in [-0.39, 0.29) is 31.1 Å². The molecule has 0 aromatic heterocycles. The van der Waals surface area contributed by atoms with Crippen LogP contribution < -0.4 is 0 Å². The smallest absolute Gasteiger partial charge is 0.306 e. The summed E-state index contributed by atoms with van der Waals surface area (Å²) in [5.74, 6) is -0.866. The Labute approximate surface area is 491 Å². The number of rotatable bonds is 64. The lowest BCUT2D eigenvalue weighted by molar-refractivity contribution is -0.167. The third-order valence-corrected chi connectivity index (χ3v) is 15.5. The predicted octanol–water partition coefficient (Wildman–Crippen LogP) is 23.9. The zero-order valence-electron chi connectivity index (χ0n) is 52.9. The third kappa shape index (κ3) is 65.8. The number of unbranched alkanes of at least 4 members (excludes halogenated alkanes) is 43. The minimum Gasteiger partial charge on any atom is -0.462 e. The second-order valence-electron chi connectivity index (χ2n) is 23.4. The summed E-state index contributed by atoms with van der Waals surface area (Å²) < 4.78 is 17.0. The molecule has 0 saturated heterocycles. The van der Waals surface area contributed by atoms with Crippen molar-refractivity contribution in [3.8, 4) is 0 Å². The van der Waals surface area contributed by atoms with Crippen molar-refractivity contribution in [3.05, 3.63) is 60.8 Å². The van der Waals surface area contributed by atoms with E-state index in [0.717, 1.165) is 77.0 Å². The topological polar surface area (TPSA) is 78.9 Å². The molecule has 0 spiro atoms. The van der Waals surface area contributed by atoms with Gasteiger partial charge < -0.3 is 14.2 Å². The molecule has 0 aliphatic rings. The minimum atomic E-state index is -0.780. The monoisotopic (exact) mass is 1110 g/mol. The molecule has 0 aromatic carbocycles. The maximum Gasteiger partial charge on any atom is 0.306 e. The molecule has 79 heavy (non-hydrogen) atoms. The Morgan fingerprint density at radius 1 is 0.253 bits per heavy atom. The lowest BCUT2D eigenvalue weighted by Gasteiger charge is -2.18. The Kier molecular flexibility index (Phi) is 65.1. The standard InChI is InChI=1S/C73H132O6/c1-4-7-10-13-16-19-22-25-27-29-31-33-35-36-38-39-41-43-45-48-51-54-57-60-63-66-72(75)78-69-70(68-77-71(74)65-62-59-56-53-50-47-24-21-18-15-12-9-6-3)79-73(76)67-64-61-58-55-52-49-46-44-42-40-37-34-32-30-28-26-23-20-17-14-11-8-5-2/h21-26,29-32,70H,4-20,27-28,33-69H2,1-3H3/b24-21-,25-22-,26-23-,31-29-,32-30-. The number of hydrogen-bond acceptors (Lipinski definition) is 6. The molecule has 0 bridgehead atoms. The molecular weight excluding hydrogens is 973 g/mol. The highest BCUT2D eigenvalue weighted by Crippen LogP contribution is 2.17. The van der Waals surface area contributed by atoms with Crippen molar-refractivity contribution in [1.29, 1.82) is 0 Å². The van der Waals surface area contributed by atoms with Gasteiger partial charge in [-0.05, 0) is 109 Å². The molecule has 0 N–H and O–H groups in total. The molecule has 460 valence electrons. The highest BCUT2D eigenvalue weighted by molar-refractivity contribution is 5.71. The zero-order valence-corrected chi connectivity index (χ0v) is 52.9. The van der Waals surface area contributed by atoms with Crippen molar-refractivity contribution < 1.29 is 28.6 Å². The van der Waals surface area contributed by atoms with Crippen LogP contribution in [0, 0.1) is 0 Å². The van der Waals surface area contributed by atoms with E-state index in [1.54, 1.807) is 0 Å².